The molecule has 2 N–H and O–H groups in total. The summed E-state index contributed by atoms with van der Waals surface area (Å²) in [6, 6.07) is 1.86. The Morgan fingerprint density at radius 1 is 1.73 bits per heavy atom. The first-order valence-corrected chi connectivity index (χ1v) is 6.37. The zero-order valence-electron chi connectivity index (χ0n) is 8.20. The molecule has 0 unspecified atom stereocenters. The van der Waals surface area contributed by atoms with Gasteiger partial charge in [0.2, 0.25) is 0 Å². The number of thiophene rings is 1. The van der Waals surface area contributed by atoms with Crippen molar-refractivity contribution in [2.75, 3.05) is 13.6 Å². The van der Waals surface area contributed by atoms with Gasteiger partial charge in [-0.15, -0.1) is 11.3 Å². The molecular weight excluding hydrogens is 296 g/mol. The highest BCUT2D eigenvalue weighted by Gasteiger charge is 2.15. The second kappa shape index (κ2) is 5.58. The van der Waals surface area contributed by atoms with E-state index >= 15 is 0 Å². The van der Waals surface area contributed by atoms with Crippen molar-refractivity contribution in [3.8, 4) is 0 Å². The SMILES string of the molecule is CN(CCC(N)=S)C(=O)c1sccc1Br. The summed E-state index contributed by atoms with van der Waals surface area (Å²) in [6.07, 6.45) is 0.556. The summed E-state index contributed by atoms with van der Waals surface area (Å²) >= 11 is 9.51. The van der Waals surface area contributed by atoms with Crippen LogP contribution in [0.5, 0.6) is 0 Å². The molecule has 0 spiro atoms. The maximum atomic E-state index is 11.9. The minimum atomic E-state index is -0.00637. The van der Waals surface area contributed by atoms with Crippen molar-refractivity contribution in [3.05, 3.63) is 20.8 Å². The lowest BCUT2D eigenvalue weighted by Gasteiger charge is -2.15. The number of nitrogens with zero attached hydrogens (tertiary/aromatic N) is 1. The lowest BCUT2D eigenvalue weighted by molar-refractivity contribution is 0.0803. The maximum Gasteiger partial charge on any atom is 0.264 e. The van der Waals surface area contributed by atoms with Gasteiger partial charge in [-0.2, -0.15) is 0 Å². The van der Waals surface area contributed by atoms with Crippen molar-refractivity contribution in [2.24, 2.45) is 5.73 Å². The van der Waals surface area contributed by atoms with Crippen LogP contribution in [0.4, 0.5) is 0 Å². The molecule has 0 aliphatic heterocycles. The molecule has 82 valence electrons. The van der Waals surface area contributed by atoms with Crippen LogP contribution in [0, 0.1) is 0 Å². The van der Waals surface area contributed by atoms with E-state index < -0.39 is 0 Å². The first-order chi connectivity index (χ1) is 7.02. The van der Waals surface area contributed by atoms with Crippen LogP contribution in [-0.4, -0.2) is 29.4 Å². The molecule has 1 amide bonds. The Kier molecular flexibility index (Phi) is 4.69. The second-order valence-electron chi connectivity index (χ2n) is 3.04. The van der Waals surface area contributed by atoms with Crippen LogP contribution in [0.15, 0.2) is 15.9 Å². The third-order valence-corrected chi connectivity index (χ3v) is 3.88. The lowest BCUT2D eigenvalue weighted by Crippen LogP contribution is -2.29. The summed E-state index contributed by atoms with van der Waals surface area (Å²) in [5, 5.41) is 1.87. The van der Waals surface area contributed by atoms with Gasteiger partial charge >= 0.3 is 0 Å². The van der Waals surface area contributed by atoms with Crippen LogP contribution in [-0.2, 0) is 0 Å². The van der Waals surface area contributed by atoms with Crippen LogP contribution >= 0.6 is 39.5 Å². The standard InChI is InChI=1S/C9H11BrN2OS2/c1-12(4-2-7(11)14)9(13)8-6(10)3-5-15-8/h3,5H,2,4H2,1H3,(H2,11,14). The van der Waals surface area contributed by atoms with Crippen LogP contribution < -0.4 is 5.73 Å². The fourth-order valence-electron chi connectivity index (χ4n) is 0.999. The summed E-state index contributed by atoms with van der Waals surface area (Å²) in [5.74, 6) is -0.00637. The molecule has 0 atom stereocenters. The second-order valence-corrected chi connectivity index (χ2v) is 5.34. The average molecular weight is 307 g/mol. The minimum Gasteiger partial charge on any atom is -0.393 e. The number of nitrogens with two attached hydrogens (primary N) is 1. The van der Waals surface area contributed by atoms with Gasteiger partial charge in [0, 0.05) is 24.5 Å². The number of halogens is 1. The number of amides is 1. The average Bonchev–Trinajstić information content (AvgIpc) is 2.59. The van der Waals surface area contributed by atoms with Crippen LogP contribution in [0.1, 0.15) is 16.1 Å². The Morgan fingerprint density at radius 2 is 2.40 bits per heavy atom. The molecule has 0 saturated heterocycles. The number of thiocarbonyl (C=S) groups is 1. The van der Waals surface area contributed by atoms with Crippen molar-refractivity contribution in [2.45, 2.75) is 6.42 Å². The molecule has 0 bridgehead atoms. The van der Waals surface area contributed by atoms with Crippen LogP contribution in [0.25, 0.3) is 0 Å². The molecule has 1 rings (SSSR count). The van der Waals surface area contributed by atoms with Crippen LogP contribution in [0.2, 0.25) is 0 Å². The molecule has 0 aliphatic rings. The highest BCUT2D eigenvalue weighted by molar-refractivity contribution is 9.10. The number of rotatable bonds is 4. The Bertz CT molecular complexity index is 378. The first kappa shape index (κ1) is 12.6. The van der Waals surface area contributed by atoms with Gasteiger partial charge in [0.05, 0.1) is 4.99 Å². The van der Waals surface area contributed by atoms with E-state index in [0.29, 0.717) is 22.8 Å². The number of hydrogen-bond acceptors (Lipinski definition) is 3. The monoisotopic (exact) mass is 306 g/mol. The molecule has 15 heavy (non-hydrogen) atoms. The molecule has 1 heterocycles. The van der Waals surface area contributed by atoms with E-state index in [9.17, 15) is 4.79 Å². The molecule has 0 saturated carbocycles. The predicted octanol–water partition coefficient (Wildman–Crippen LogP) is 2.26. The Morgan fingerprint density at radius 3 is 2.87 bits per heavy atom. The first-order valence-electron chi connectivity index (χ1n) is 4.29. The largest absolute Gasteiger partial charge is 0.393 e. The predicted molar refractivity (Wildman–Crippen MR) is 70.4 cm³/mol. The van der Waals surface area contributed by atoms with Crippen molar-refractivity contribution >= 4 is 50.4 Å². The van der Waals surface area contributed by atoms with Gasteiger partial charge in [-0.25, -0.2) is 0 Å². The molecule has 1 aromatic heterocycles. The molecule has 0 fully saturated rings. The summed E-state index contributed by atoms with van der Waals surface area (Å²) in [4.78, 5) is 14.6. The van der Waals surface area contributed by atoms with Gasteiger partial charge in [-0.05, 0) is 27.4 Å². The molecule has 3 nitrogen and oxygen atoms in total. The van der Waals surface area contributed by atoms with Crippen molar-refractivity contribution in [1.82, 2.24) is 4.90 Å². The third-order valence-electron chi connectivity index (χ3n) is 1.85. The third kappa shape index (κ3) is 3.55. The van der Waals surface area contributed by atoms with E-state index in [0.717, 1.165) is 4.47 Å². The van der Waals surface area contributed by atoms with E-state index in [1.165, 1.54) is 11.3 Å². The highest BCUT2D eigenvalue weighted by Crippen LogP contribution is 2.23. The Labute approximate surface area is 106 Å². The van der Waals surface area contributed by atoms with Gasteiger partial charge in [0.25, 0.3) is 5.91 Å². The van der Waals surface area contributed by atoms with E-state index in [1.807, 2.05) is 11.4 Å². The number of hydrogen-bond donors (Lipinski definition) is 1. The van der Waals surface area contributed by atoms with Gasteiger partial charge in [-0.1, -0.05) is 12.2 Å². The molecular formula is C9H11BrN2OS2. The lowest BCUT2D eigenvalue weighted by atomic mass is 10.3. The van der Waals surface area contributed by atoms with E-state index in [2.05, 4.69) is 15.9 Å². The molecule has 1 aromatic rings. The summed E-state index contributed by atoms with van der Waals surface area (Å²) in [6.45, 7) is 0.554. The number of carbonyl (C=O) groups is 1. The van der Waals surface area contributed by atoms with Crippen molar-refractivity contribution < 1.29 is 4.79 Å². The summed E-state index contributed by atoms with van der Waals surface area (Å²) in [5.41, 5.74) is 5.38. The number of carbonyl (C=O) groups excluding carboxylic acids is 1. The summed E-state index contributed by atoms with van der Waals surface area (Å²) < 4.78 is 0.833. The topological polar surface area (TPSA) is 46.3 Å². The molecule has 0 aromatic carbocycles. The summed E-state index contributed by atoms with van der Waals surface area (Å²) in [7, 11) is 1.74. The fraction of sp³-hybridized carbons (Fsp3) is 0.333. The zero-order chi connectivity index (χ0) is 11.4. The van der Waals surface area contributed by atoms with E-state index in [1.54, 1.807) is 11.9 Å². The Hall–Kier alpha value is -0.460. The van der Waals surface area contributed by atoms with Crippen molar-refractivity contribution in [3.63, 3.8) is 0 Å². The fourth-order valence-corrected chi connectivity index (χ4v) is 2.63. The van der Waals surface area contributed by atoms with Gasteiger partial charge in [-0.3, -0.25) is 4.79 Å². The smallest absolute Gasteiger partial charge is 0.264 e. The van der Waals surface area contributed by atoms with Crippen LogP contribution in [0.3, 0.4) is 0 Å². The Balaban J connectivity index is 2.61. The zero-order valence-corrected chi connectivity index (χ0v) is 11.4. The normalized spacial score (nSPS) is 10.0. The van der Waals surface area contributed by atoms with E-state index in [-0.39, 0.29) is 5.91 Å². The minimum absolute atomic E-state index is 0.00637. The van der Waals surface area contributed by atoms with Crippen molar-refractivity contribution in [1.29, 1.82) is 0 Å². The maximum absolute atomic E-state index is 11.9. The quantitative estimate of drug-likeness (QED) is 0.868. The van der Waals surface area contributed by atoms with Gasteiger partial charge < -0.3 is 10.6 Å². The molecule has 0 aliphatic carbocycles. The van der Waals surface area contributed by atoms with E-state index in [4.69, 9.17) is 18.0 Å². The molecule has 6 heteroatoms. The molecule has 0 radical (unpaired) electrons. The highest BCUT2D eigenvalue weighted by atomic mass is 79.9. The van der Waals surface area contributed by atoms with Gasteiger partial charge in [0.15, 0.2) is 0 Å². The van der Waals surface area contributed by atoms with Gasteiger partial charge in [0.1, 0.15) is 4.88 Å².